The van der Waals surface area contributed by atoms with Crippen LogP contribution in [0.1, 0.15) is 15.2 Å². The van der Waals surface area contributed by atoms with Gasteiger partial charge in [-0.3, -0.25) is 4.79 Å². The second kappa shape index (κ2) is 5.66. The molecule has 102 valence electrons. The van der Waals surface area contributed by atoms with Crippen molar-refractivity contribution in [2.45, 2.75) is 6.92 Å². The van der Waals surface area contributed by atoms with Gasteiger partial charge in [0.2, 0.25) is 5.78 Å². The van der Waals surface area contributed by atoms with Gasteiger partial charge in [-0.15, -0.1) is 11.3 Å². The van der Waals surface area contributed by atoms with Crippen molar-refractivity contribution in [2.75, 3.05) is 14.1 Å². The van der Waals surface area contributed by atoms with Crippen LogP contribution in [0.5, 0.6) is 0 Å². The van der Waals surface area contributed by atoms with Crippen molar-refractivity contribution >= 4 is 38.8 Å². The van der Waals surface area contributed by atoms with E-state index < -0.39 is 0 Å². The summed E-state index contributed by atoms with van der Waals surface area (Å²) < 4.78 is 0.998. The summed E-state index contributed by atoms with van der Waals surface area (Å²) in [6, 6.07) is 7.51. The topological polar surface area (TPSA) is 44.1 Å². The van der Waals surface area contributed by atoms with E-state index in [2.05, 4.69) is 0 Å². The van der Waals surface area contributed by atoms with Crippen LogP contribution in [-0.2, 0) is 0 Å². The normalized spacial score (nSPS) is 11.4. The monoisotopic (exact) mass is 304 g/mol. The zero-order valence-electron chi connectivity index (χ0n) is 11.4. The largest absolute Gasteiger partial charge is 0.382 e. The lowest BCUT2D eigenvalue weighted by Crippen LogP contribution is -2.08. The van der Waals surface area contributed by atoms with Gasteiger partial charge in [0.1, 0.15) is 11.6 Å². The molecule has 0 unspecified atom stereocenters. The van der Waals surface area contributed by atoms with Crippen LogP contribution in [0, 0.1) is 18.3 Å². The third kappa shape index (κ3) is 2.69. The van der Waals surface area contributed by atoms with E-state index in [-0.39, 0.29) is 11.4 Å². The molecule has 0 aliphatic heterocycles. The number of carbonyl (C=O) groups excluding carboxylic acids is 1. The maximum Gasteiger partial charge on any atom is 0.215 e. The summed E-state index contributed by atoms with van der Waals surface area (Å²) in [5.74, 6) is -0.240. The van der Waals surface area contributed by atoms with E-state index in [1.54, 1.807) is 31.3 Å². The van der Waals surface area contributed by atoms with Gasteiger partial charge in [-0.25, -0.2) is 0 Å². The highest BCUT2D eigenvalue weighted by molar-refractivity contribution is 7.21. The first-order chi connectivity index (χ1) is 9.43. The molecular weight excluding hydrogens is 292 g/mol. The Morgan fingerprint density at radius 2 is 2.15 bits per heavy atom. The Bertz CT molecular complexity index is 753. The van der Waals surface area contributed by atoms with Crippen LogP contribution in [0.3, 0.4) is 0 Å². The molecule has 0 fully saturated rings. The van der Waals surface area contributed by atoms with Crippen molar-refractivity contribution in [1.82, 2.24) is 4.90 Å². The fraction of sp³-hybridized carbons (Fsp3) is 0.200. The van der Waals surface area contributed by atoms with Gasteiger partial charge in [0, 0.05) is 30.0 Å². The number of hydrogen-bond acceptors (Lipinski definition) is 4. The number of halogens is 1. The number of rotatable bonds is 3. The molecule has 0 N–H and O–H groups in total. The number of benzene rings is 1. The first-order valence-electron chi connectivity index (χ1n) is 5.95. The highest BCUT2D eigenvalue weighted by Gasteiger charge is 2.19. The van der Waals surface area contributed by atoms with Crippen molar-refractivity contribution in [1.29, 1.82) is 5.26 Å². The number of thiophene rings is 1. The predicted octanol–water partition coefficient (Wildman–Crippen LogP) is 4.01. The third-order valence-corrected chi connectivity index (χ3v) is 4.36. The van der Waals surface area contributed by atoms with Crippen LogP contribution in [0.25, 0.3) is 10.1 Å². The summed E-state index contributed by atoms with van der Waals surface area (Å²) in [6.07, 6.45) is 1.54. The van der Waals surface area contributed by atoms with E-state index in [1.807, 2.05) is 25.1 Å². The van der Waals surface area contributed by atoms with Gasteiger partial charge in [0.15, 0.2) is 0 Å². The molecule has 5 heteroatoms. The highest BCUT2D eigenvalue weighted by Crippen LogP contribution is 2.33. The summed E-state index contributed by atoms with van der Waals surface area (Å²) in [5, 5.41) is 10.7. The Balaban J connectivity index is 2.56. The number of ketones is 1. The second-order valence-electron chi connectivity index (χ2n) is 4.64. The van der Waals surface area contributed by atoms with E-state index in [0.717, 1.165) is 15.6 Å². The minimum atomic E-state index is -0.240. The molecule has 0 aliphatic rings. The summed E-state index contributed by atoms with van der Waals surface area (Å²) in [7, 11) is 3.56. The number of nitrogens with zero attached hydrogens (tertiary/aromatic N) is 2. The van der Waals surface area contributed by atoms with Gasteiger partial charge in [-0.2, -0.15) is 5.26 Å². The van der Waals surface area contributed by atoms with Crippen molar-refractivity contribution in [3.05, 3.63) is 45.4 Å². The van der Waals surface area contributed by atoms with Crippen molar-refractivity contribution < 1.29 is 4.79 Å². The lowest BCUT2D eigenvalue weighted by atomic mass is 10.1. The fourth-order valence-corrected chi connectivity index (χ4v) is 3.24. The zero-order chi connectivity index (χ0) is 14.9. The molecule has 1 heterocycles. The lowest BCUT2D eigenvalue weighted by molar-refractivity contribution is 0.104. The molecule has 3 nitrogen and oxygen atoms in total. The first-order valence-corrected chi connectivity index (χ1v) is 7.15. The van der Waals surface area contributed by atoms with E-state index >= 15 is 0 Å². The number of carbonyl (C=O) groups is 1. The zero-order valence-corrected chi connectivity index (χ0v) is 13.0. The van der Waals surface area contributed by atoms with E-state index in [1.165, 1.54) is 11.3 Å². The Morgan fingerprint density at radius 1 is 1.45 bits per heavy atom. The molecule has 0 atom stereocenters. The molecule has 0 aliphatic carbocycles. The van der Waals surface area contributed by atoms with Crippen molar-refractivity contribution in [3.63, 3.8) is 0 Å². The van der Waals surface area contributed by atoms with Gasteiger partial charge < -0.3 is 4.90 Å². The van der Waals surface area contributed by atoms with Gasteiger partial charge in [-0.1, -0.05) is 11.6 Å². The van der Waals surface area contributed by atoms with Crippen molar-refractivity contribution in [2.24, 2.45) is 0 Å². The number of Topliss-reactive ketones (excluding diaryl/α,β-unsaturated/α-hetero) is 1. The SMILES string of the molecule is Cc1c(C(=O)C(C#N)=CN(C)C)sc2ccc(Cl)cc12. The number of fused-ring (bicyclic) bond motifs is 1. The number of nitriles is 1. The molecule has 0 amide bonds. The molecule has 2 aromatic rings. The third-order valence-electron chi connectivity index (χ3n) is 2.86. The van der Waals surface area contributed by atoms with E-state index in [9.17, 15) is 4.79 Å². The predicted molar refractivity (Wildman–Crippen MR) is 83.3 cm³/mol. The molecule has 0 saturated heterocycles. The first kappa shape index (κ1) is 14.6. The molecule has 1 aromatic heterocycles. The molecule has 0 radical (unpaired) electrons. The minimum absolute atomic E-state index is 0.135. The van der Waals surface area contributed by atoms with Crippen LogP contribution < -0.4 is 0 Å². The van der Waals surface area contributed by atoms with Crippen LogP contribution in [0.15, 0.2) is 30.0 Å². The second-order valence-corrected chi connectivity index (χ2v) is 6.13. The van der Waals surface area contributed by atoms with Crippen LogP contribution in [0.2, 0.25) is 5.02 Å². The molecule has 0 saturated carbocycles. The summed E-state index contributed by atoms with van der Waals surface area (Å²) >= 11 is 7.38. The van der Waals surface area contributed by atoms with Crippen molar-refractivity contribution in [3.8, 4) is 6.07 Å². The van der Waals surface area contributed by atoms with Gasteiger partial charge in [0.05, 0.1) is 4.88 Å². The summed E-state index contributed by atoms with van der Waals surface area (Å²) in [6.45, 7) is 1.88. The Hall–Kier alpha value is -1.83. The molecule has 1 aromatic carbocycles. The van der Waals surface area contributed by atoms with E-state index in [4.69, 9.17) is 16.9 Å². The maximum atomic E-state index is 12.4. The van der Waals surface area contributed by atoms with Crippen LogP contribution >= 0.6 is 22.9 Å². The summed E-state index contributed by atoms with van der Waals surface area (Å²) in [5.41, 5.74) is 1.01. The van der Waals surface area contributed by atoms with Gasteiger partial charge in [-0.05, 0) is 36.1 Å². The average molecular weight is 305 g/mol. The Labute approximate surface area is 126 Å². The minimum Gasteiger partial charge on any atom is -0.382 e. The molecule has 2 rings (SSSR count). The maximum absolute atomic E-state index is 12.4. The lowest BCUT2D eigenvalue weighted by Gasteiger charge is -2.05. The van der Waals surface area contributed by atoms with Gasteiger partial charge in [0.25, 0.3) is 0 Å². The number of hydrogen-bond donors (Lipinski definition) is 0. The standard InChI is InChI=1S/C15H13ClN2OS/c1-9-12-6-11(16)4-5-13(12)20-15(9)14(19)10(7-17)8-18(2)3/h4-6,8H,1-3H3. The molecule has 0 bridgehead atoms. The number of aryl methyl sites for hydroxylation is 1. The van der Waals surface area contributed by atoms with Crippen LogP contribution in [0.4, 0.5) is 0 Å². The van der Waals surface area contributed by atoms with Crippen LogP contribution in [-0.4, -0.2) is 24.8 Å². The van der Waals surface area contributed by atoms with E-state index in [0.29, 0.717) is 9.90 Å². The fourth-order valence-electron chi connectivity index (χ4n) is 1.93. The average Bonchev–Trinajstić information content (AvgIpc) is 2.72. The molecule has 20 heavy (non-hydrogen) atoms. The Morgan fingerprint density at radius 3 is 2.75 bits per heavy atom. The smallest absolute Gasteiger partial charge is 0.215 e. The Kier molecular flexibility index (Phi) is 4.12. The molecular formula is C15H13ClN2OS. The quantitative estimate of drug-likeness (QED) is 0.489. The number of allylic oxidation sites excluding steroid dienone is 1. The highest BCUT2D eigenvalue weighted by atomic mass is 35.5. The van der Waals surface area contributed by atoms with Gasteiger partial charge >= 0.3 is 0 Å². The molecule has 0 spiro atoms. The summed E-state index contributed by atoms with van der Waals surface area (Å²) in [4.78, 5) is 14.7.